The minimum absolute atomic E-state index is 0.494. The van der Waals surface area contributed by atoms with E-state index >= 15 is 0 Å². The van der Waals surface area contributed by atoms with Crippen LogP contribution in [0.25, 0.3) is 0 Å². The molecular weight excluding hydrogens is 316 g/mol. The first-order chi connectivity index (χ1) is 6.63. The molecule has 74 valence electrons. The van der Waals surface area contributed by atoms with Gasteiger partial charge in [0.25, 0.3) is 5.91 Å². The first-order valence-electron chi connectivity index (χ1n) is 3.57. The molecule has 0 aliphatic rings. The molecule has 0 unspecified atom stereocenters. The number of nitrogens with zero attached hydrogens (tertiary/aromatic N) is 1. The number of carbonyl (C=O) groups is 1. The molecule has 14 heavy (non-hydrogen) atoms. The molecule has 6 heteroatoms. The van der Waals surface area contributed by atoms with Crippen LogP contribution in [0.4, 0.5) is 5.69 Å². The first kappa shape index (κ1) is 11.2. The Hall–Kier alpha value is -0.880. The van der Waals surface area contributed by atoms with Crippen LogP contribution in [-0.2, 0) is 4.79 Å². The molecule has 1 aromatic carbocycles. The molecule has 0 spiro atoms. The summed E-state index contributed by atoms with van der Waals surface area (Å²) in [6.07, 6.45) is 0.785. The number of benzene rings is 1. The SMILES string of the molecule is O=C(/C=N/O)Nc1cc(Br)ccc1Br. The van der Waals surface area contributed by atoms with E-state index in [9.17, 15) is 4.79 Å². The van der Waals surface area contributed by atoms with E-state index in [2.05, 4.69) is 42.3 Å². The Bertz CT molecular complexity index is 380. The summed E-state index contributed by atoms with van der Waals surface area (Å²) >= 11 is 6.54. The maximum absolute atomic E-state index is 11.0. The monoisotopic (exact) mass is 320 g/mol. The average molecular weight is 322 g/mol. The van der Waals surface area contributed by atoms with E-state index in [1.165, 1.54) is 0 Å². The third-order valence-electron chi connectivity index (χ3n) is 1.36. The highest BCUT2D eigenvalue weighted by molar-refractivity contribution is 9.11. The molecule has 0 saturated carbocycles. The van der Waals surface area contributed by atoms with Crippen molar-refractivity contribution in [2.24, 2.45) is 5.16 Å². The molecule has 0 fully saturated rings. The second-order valence-corrected chi connectivity index (χ2v) is 4.13. The Labute approximate surface area is 97.3 Å². The van der Waals surface area contributed by atoms with Gasteiger partial charge < -0.3 is 10.5 Å². The Kier molecular flexibility index (Phi) is 4.09. The summed E-state index contributed by atoms with van der Waals surface area (Å²) in [5.41, 5.74) is 0.601. The standard InChI is InChI=1S/C8H6Br2N2O2/c9-5-1-2-6(10)7(3-5)12-8(13)4-11-14/h1-4,14H,(H,12,13)/b11-4+. The van der Waals surface area contributed by atoms with Gasteiger partial charge in [-0.05, 0) is 34.1 Å². The summed E-state index contributed by atoms with van der Waals surface area (Å²) in [7, 11) is 0. The molecule has 0 saturated heterocycles. The number of hydrogen-bond acceptors (Lipinski definition) is 3. The number of amides is 1. The molecule has 0 aliphatic heterocycles. The van der Waals surface area contributed by atoms with Crippen molar-refractivity contribution in [3.8, 4) is 0 Å². The van der Waals surface area contributed by atoms with Gasteiger partial charge in [0.2, 0.25) is 0 Å². The van der Waals surface area contributed by atoms with Crippen molar-refractivity contribution >= 4 is 49.7 Å². The normalized spacial score (nSPS) is 10.4. The third-order valence-corrected chi connectivity index (χ3v) is 2.55. The van der Waals surface area contributed by atoms with Gasteiger partial charge >= 0.3 is 0 Å². The van der Waals surface area contributed by atoms with E-state index in [4.69, 9.17) is 5.21 Å². The number of hydrogen-bond donors (Lipinski definition) is 2. The summed E-state index contributed by atoms with van der Waals surface area (Å²) in [5.74, 6) is -0.494. The molecule has 0 heterocycles. The number of halogens is 2. The lowest BCUT2D eigenvalue weighted by Crippen LogP contribution is -2.12. The van der Waals surface area contributed by atoms with Crippen molar-refractivity contribution in [2.75, 3.05) is 5.32 Å². The zero-order valence-corrected chi connectivity index (χ0v) is 10.0. The molecular formula is C8H6Br2N2O2. The smallest absolute Gasteiger partial charge is 0.270 e. The van der Waals surface area contributed by atoms with Gasteiger partial charge in [-0.25, -0.2) is 0 Å². The van der Waals surface area contributed by atoms with Crippen LogP contribution in [0.5, 0.6) is 0 Å². The Balaban J connectivity index is 2.85. The van der Waals surface area contributed by atoms with Crippen LogP contribution in [0.3, 0.4) is 0 Å². The average Bonchev–Trinajstić information content (AvgIpc) is 2.12. The van der Waals surface area contributed by atoms with Crippen LogP contribution in [0, 0.1) is 0 Å². The van der Waals surface area contributed by atoms with Gasteiger partial charge in [-0.3, -0.25) is 4.79 Å². The summed E-state index contributed by atoms with van der Waals surface area (Å²) in [6.45, 7) is 0. The van der Waals surface area contributed by atoms with Crippen LogP contribution < -0.4 is 5.32 Å². The van der Waals surface area contributed by atoms with Gasteiger partial charge in [0, 0.05) is 8.95 Å². The predicted octanol–water partition coefficient (Wildman–Crippen LogP) is 2.61. The van der Waals surface area contributed by atoms with Gasteiger partial charge in [-0.1, -0.05) is 21.1 Å². The number of rotatable bonds is 2. The van der Waals surface area contributed by atoms with E-state index in [1.54, 1.807) is 12.1 Å². The first-order valence-corrected chi connectivity index (χ1v) is 5.15. The quantitative estimate of drug-likeness (QED) is 0.499. The van der Waals surface area contributed by atoms with Crippen molar-refractivity contribution in [3.05, 3.63) is 27.1 Å². The van der Waals surface area contributed by atoms with E-state index in [0.29, 0.717) is 5.69 Å². The topological polar surface area (TPSA) is 61.7 Å². The fourth-order valence-corrected chi connectivity index (χ4v) is 1.52. The highest BCUT2D eigenvalue weighted by Gasteiger charge is 2.03. The Morgan fingerprint density at radius 2 is 2.21 bits per heavy atom. The Morgan fingerprint density at radius 3 is 2.86 bits per heavy atom. The number of carbonyl (C=O) groups excluding carboxylic acids is 1. The highest BCUT2D eigenvalue weighted by Crippen LogP contribution is 2.25. The molecule has 0 aromatic heterocycles. The molecule has 0 bridgehead atoms. The third kappa shape index (κ3) is 3.12. The lowest BCUT2D eigenvalue weighted by atomic mass is 10.3. The second kappa shape index (κ2) is 5.11. The number of nitrogens with one attached hydrogen (secondary N) is 1. The van der Waals surface area contributed by atoms with E-state index in [-0.39, 0.29) is 0 Å². The van der Waals surface area contributed by atoms with Crippen molar-refractivity contribution in [1.29, 1.82) is 0 Å². The van der Waals surface area contributed by atoms with Gasteiger partial charge in [0.05, 0.1) is 5.69 Å². The van der Waals surface area contributed by atoms with Crippen molar-refractivity contribution in [3.63, 3.8) is 0 Å². The largest absolute Gasteiger partial charge is 0.411 e. The van der Waals surface area contributed by atoms with Gasteiger partial charge in [0.1, 0.15) is 6.21 Å². The summed E-state index contributed by atoms with van der Waals surface area (Å²) in [4.78, 5) is 11.0. The fourth-order valence-electron chi connectivity index (χ4n) is 0.811. The Morgan fingerprint density at radius 1 is 1.50 bits per heavy atom. The molecule has 4 nitrogen and oxygen atoms in total. The highest BCUT2D eigenvalue weighted by atomic mass is 79.9. The minimum atomic E-state index is -0.494. The molecule has 1 aromatic rings. The number of anilines is 1. The van der Waals surface area contributed by atoms with Crippen LogP contribution in [-0.4, -0.2) is 17.3 Å². The van der Waals surface area contributed by atoms with Crippen molar-refractivity contribution in [2.45, 2.75) is 0 Å². The van der Waals surface area contributed by atoms with Crippen LogP contribution in [0.2, 0.25) is 0 Å². The molecule has 1 amide bonds. The summed E-state index contributed by atoms with van der Waals surface area (Å²) < 4.78 is 1.59. The fraction of sp³-hybridized carbons (Fsp3) is 0. The van der Waals surface area contributed by atoms with Crippen LogP contribution in [0.15, 0.2) is 32.3 Å². The molecule has 2 N–H and O–H groups in total. The van der Waals surface area contributed by atoms with E-state index in [0.717, 1.165) is 15.2 Å². The zero-order valence-electron chi connectivity index (χ0n) is 6.87. The van der Waals surface area contributed by atoms with Crippen molar-refractivity contribution in [1.82, 2.24) is 0 Å². The zero-order chi connectivity index (χ0) is 10.6. The predicted molar refractivity (Wildman–Crippen MR) is 60.8 cm³/mol. The van der Waals surface area contributed by atoms with Crippen molar-refractivity contribution < 1.29 is 10.0 Å². The number of oxime groups is 1. The summed E-state index contributed by atoms with van der Waals surface area (Å²) in [5, 5.41) is 13.3. The second-order valence-electron chi connectivity index (χ2n) is 2.36. The van der Waals surface area contributed by atoms with Crippen LogP contribution >= 0.6 is 31.9 Å². The maximum atomic E-state index is 11.0. The van der Waals surface area contributed by atoms with E-state index in [1.807, 2.05) is 6.07 Å². The molecule has 0 aliphatic carbocycles. The lowest BCUT2D eigenvalue weighted by molar-refractivity contribution is -0.110. The molecule has 0 atom stereocenters. The molecule has 1 rings (SSSR count). The molecule has 0 radical (unpaired) electrons. The van der Waals surface area contributed by atoms with Gasteiger partial charge in [0.15, 0.2) is 0 Å². The summed E-state index contributed by atoms with van der Waals surface area (Å²) in [6, 6.07) is 5.35. The van der Waals surface area contributed by atoms with Gasteiger partial charge in [-0.2, -0.15) is 0 Å². The van der Waals surface area contributed by atoms with E-state index < -0.39 is 5.91 Å². The minimum Gasteiger partial charge on any atom is -0.411 e. The van der Waals surface area contributed by atoms with Gasteiger partial charge in [-0.15, -0.1) is 0 Å². The maximum Gasteiger partial charge on any atom is 0.270 e. The lowest BCUT2D eigenvalue weighted by Gasteiger charge is -2.04. The van der Waals surface area contributed by atoms with Crippen LogP contribution in [0.1, 0.15) is 0 Å².